The molecule has 7 nitrogen and oxygen atoms in total. The van der Waals surface area contributed by atoms with Gasteiger partial charge in [0.15, 0.2) is 0 Å². The number of amidine groups is 1. The standard InChI is InChI=1S/C14H11BN4O3/c20-15-13-10(8-21-15)2-1-3-12(13)22-11-6-4-9(5-7-11)14-16-18-19-17-14/h1-7,20H,8H2,(H,16,17,18,19)/p+1. The minimum atomic E-state index is -0.934. The summed E-state index contributed by atoms with van der Waals surface area (Å²) in [6.07, 6.45) is 0. The van der Waals surface area contributed by atoms with Crippen LogP contribution in [0.4, 0.5) is 0 Å². The van der Waals surface area contributed by atoms with Crippen molar-refractivity contribution in [1.29, 1.82) is 0 Å². The first kappa shape index (κ1) is 13.1. The molecular weight excluding hydrogens is 283 g/mol. The van der Waals surface area contributed by atoms with Crippen LogP contribution in [0.3, 0.4) is 0 Å². The van der Waals surface area contributed by atoms with Crippen LogP contribution in [0, 0.1) is 0 Å². The zero-order valence-corrected chi connectivity index (χ0v) is 11.5. The van der Waals surface area contributed by atoms with Crippen molar-refractivity contribution in [2.75, 3.05) is 0 Å². The molecule has 0 saturated heterocycles. The Hall–Kier alpha value is -2.55. The molecule has 0 aliphatic carbocycles. The maximum Gasteiger partial charge on any atom is 0.495 e. The third-order valence-electron chi connectivity index (χ3n) is 3.56. The van der Waals surface area contributed by atoms with Crippen LogP contribution in [-0.2, 0) is 11.3 Å². The van der Waals surface area contributed by atoms with E-state index in [1.807, 2.05) is 42.5 Å². The number of hydrogen-bond donors (Lipinski definition) is 2. The van der Waals surface area contributed by atoms with Crippen molar-refractivity contribution in [3.05, 3.63) is 53.6 Å². The number of nitrogens with zero attached hydrogens (tertiary/aromatic N) is 3. The van der Waals surface area contributed by atoms with Crippen LogP contribution >= 0.6 is 0 Å². The summed E-state index contributed by atoms with van der Waals surface area (Å²) in [7, 11) is -0.934. The van der Waals surface area contributed by atoms with E-state index in [2.05, 4.69) is 15.5 Å². The first-order valence-electron chi connectivity index (χ1n) is 6.82. The number of fused-ring (bicyclic) bond motifs is 1. The molecule has 0 aromatic heterocycles. The van der Waals surface area contributed by atoms with E-state index in [4.69, 9.17) is 9.39 Å². The zero-order valence-electron chi connectivity index (χ0n) is 11.5. The van der Waals surface area contributed by atoms with Gasteiger partial charge in [-0.25, -0.2) is 0 Å². The van der Waals surface area contributed by atoms with E-state index < -0.39 is 7.12 Å². The smallest absolute Gasteiger partial charge is 0.458 e. The van der Waals surface area contributed by atoms with E-state index in [1.165, 1.54) is 0 Å². The van der Waals surface area contributed by atoms with Crippen molar-refractivity contribution in [1.82, 2.24) is 0 Å². The van der Waals surface area contributed by atoms with Crippen molar-refractivity contribution >= 4 is 18.4 Å². The lowest BCUT2D eigenvalue weighted by Crippen LogP contribution is -2.80. The number of benzene rings is 2. The Morgan fingerprint density at radius 1 is 1.18 bits per heavy atom. The predicted octanol–water partition coefficient (Wildman–Crippen LogP) is 0.302. The molecule has 0 bridgehead atoms. The SMILES string of the molecule is OB1OCc2cccc(Oc3ccc(C4=NN=N[NH2+]4)cc3)c21. The molecule has 2 heterocycles. The fourth-order valence-electron chi connectivity index (χ4n) is 2.47. The molecule has 0 saturated carbocycles. The Kier molecular flexibility index (Phi) is 3.19. The lowest BCUT2D eigenvalue weighted by atomic mass is 9.79. The summed E-state index contributed by atoms with van der Waals surface area (Å²) < 4.78 is 11.1. The molecule has 2 aliphatic rings. The quantitative estimate of drug-likeness (QED) is 0.630. The van der Waals surface area contributed by atoms with E-state index in [0.717, 1.165) is 17.0 Å². The molecule has 0 radical (unpaired) electrons. The minimum absolute atomic E-state index is 0.398. The highest BCUT2D eigenvalue weighted by Gasteiger charge is 2.31. The third-order valence-corrected chi connectivity index (χ3v) is 3.56. The maximum absolute atomic E-state index is 9.88. The number of nitrogens with two attached hydrogens (primary N) is 1. The largest absolute Gasteiger partial charge is 0.495 e. The summed E-state index contributed by atoms with van der Waals surface area (Å²) in [6.45, 7) is 0.398. The van der Waals surface area contributed by atoms with Gasteiger partial charge in [0.05, 0.1) is 17.4 Å². The molecule has 22 heavy (non-hydrogen) atoms. The first-order valence-corrected chi connectivity index (χ1v) is 6.82. The summed E-state index contributed by atoms with van der Waals surface area (Å²) in [6, 6.07) is 13.1. The average Bonchev–Trinajstić information content (AvgIpc) is 3.19. The molecule has 0 unspecified atom stereocenters. The Morgan fingerprint density at radius 3 is 2.82 bits per heavy atom. The highest BCUT2D eigenvalue weighted by Crippen LogP contribution is 2.24. The van der Waals surface area contributed by atoms with Gasteiger partial charge >= 0.3 is 7.12 Å². The van der Waals surface area contributed by atoms with Gasteiger partial charge in [-0.1, -0.05) is 17.2 Å². The van der Waals surface area contributed by atoms with Crippen molar-refractivity contribution in [2.24, 2.45) is 15.5 Å². The normalized spacial score (nSPS) is 15.9. The molecule has 2 aromatic carbocycles. The van der Waals surface area contributed by atoms with Gasteiger partial charge < -0.3 is 14.4 Å². The summed E-state index contributed by atoms with van der Waals surface area (Å²) in [5.41, 5.74) is 4.16. The first-order chi connectivity index (χ1) is 10.8. The number of hydrogen-bond acceptors (Lipinski definition) is 6. The van der Waals surface area contributed by atoms with Gasteiger partial charge in [0.25, 0.3) is 5.84 Å². The molecular formula is C14H12BN4O3+. The van der Waals surface area contributed by atoms with Gasteiger partial charge in [0, 0.05) is 10.7 Å². The second kappa shape index (κ2) is 5.34. The van der Waals surface area contributed by atoms with E-state index in [-0.39, 0.29) is 0 Å². The van der Waals surface area contributed by atoms with Crippen LogP contribution in [0.1, 0.15) is 11.1 Å². The van der Waals surface area contributed by atoms with Gasteiger partial charge in [-0.15, -0.1) is 5.43 Å². The minimum Gasteiger partial charge on any atom is -0.458 e. The Balaban J connectivity index is 1.58. The highest BCUT2D eigenvalue weighted by molar-refractivity contribution is 6.62. The molecule has 8 heteroatoms. The maximum atomic E-state index is 9.88. The Labute approximate surface area is 126 Å². The average molecular weight is 295 g/mol. The second-order valence-corrected chi connectivity index (χ2v) is 4.94. The predicted molar refractivity (Wildman–Crippen MR) is 78.7 cm³/mol. The fraction of sp³-hybridized carbons (Fsp3) is 0.0714. The summed E-state index contributed by atoms with van der Waals surface area (Å²) >= 11 is 0. The van der Waals surface area contributed by atoms with Crippen LogP contribution in [0.15, 0.2) is 58.0 Å². The Morgan fingerprint density at radius 2 is 2.05 bits per heavy atom. The van der Waals surface area contributed by atoms with Gasteiger partial charge in [0.2, 0.25) is 0 Å². The number of rotatable bonds is 3. The summed E-state index contributed by atoms with van der Waals surface area (Å²) in [5.74, 6) is 1.99. The molecule has 4 rings (SSSR count). The molecule has 108 valence electrons. The van der Waals surface area contributed by atoms with Crippen LogP contribution in [0.25, 0.3) is 0 Å². The monoisotopic (exact) mass is 295 g/mol. The molecule has 0 fully saturated rings. The fourth-order valence-corrected chi connectivity index (χ4v) is 2.47. The van der Waals surface area contributed by atoms with Crippen LogP contribution in [0.5, 0.6) is 11.5 Å². The van der Waals surface area contributed by atoms with Crippen LogP contribution in [-0.4, -0.2) is 18.0 Å². The number of quaternary nitrogens is 1. The van der Waals surface area contributed by atoms with Crippen molar-refractivity contribution in [3.8, 4) is 11.5 Å². The molecule has 3 N–H and O–H groups in total. The van der Waals surface area contributed by atoms with Gasteiger partial charge in [-0.3, -0.25) is 0 Å². The van der Waals surface area contributed by atoms with Gasteiger partial charge in [-0.05, 0) is 35.9 Å². The van der Waals surface area contributed by atoms with Crippen LogP contribution < -0.4 is 15.6 Å². The molecule has 0 amide bonds. The number of ether oxygens (including phenoxy) is 1. The van der Waals surface area contributed by atoms with E-state index in [0.29, 0.717) is 23.6 Å². The van der Waals surface area contributed by atoms with Gasteiger partial charge in [-0.2, -0.15) is 0 Å². The molecule has 2 aromatic rings. The third kappa shape index (κ3) is 2.29. The lowest BCUT2D eigenvalue weighted by Gasteiger charge is -2.10. The van der Waals surface area contributed by atoms with E-state index >= 15 is 0 Å². The van der Waals surface area contributed by atoms with Crippen molar-refractivity contribution < 1.29 is 19.8 Å². The lowest BCUT2D eigenvalue weighted by molar-refractivity contribution is -0.546. The van der Waals surface area contributed by atoms with Crippen molar-refractivity contribution in [3.63, 3.8) is 0 Å². The second-order valence-electron chi connectivity index (χ2n) is 4.94. The molecule has 0 atom stereocenters. The summed E-state index contributed by atoms with van der Waals surface area (Å²) in [4.78, 5) is 0. The van der Waals surface area contributed by atoms with E-state index in [1.54, 1.807) is 5.43 Å². The topological polar surface area (TPSA) is 92.4 Å². The van der Waals surface area contributed by atoms with Crippen LogP contribution in [0.2, 0.25) is 0 Å². The molecule has 0 spiro atoms. The highest BCUT2D eigenvalue weighted by atomic mass is 16.5. The summed E-state index contributed by atoms with van der Waals surface area (Å²) in [5, 5.41) is 21.1. The zero-order chi connectivity index (χ0) is 14.9. The van der Waals surface area contributed by atoms with Crippen molar-refractivity contribution in [2.45, 2.75) is 6.61 Å². The Bertz CT molecular complexity index is 776. The van der Waals surface area contributed by atoms with Gasteiger partial charge in [0.1, 0.15) is 11.5 Å². The molecule has 2 aliphatic heterocycles. The van der Waals surface area contributed by atoms with E-state index in [9.17, 15) is 5.02 Å².